The Balaban J connectivity index is 0.000000353. The Hall–Kier alpha value is -5.57. The fraction of sp³-hybridized carbons (Fsp3) is 0.312. The van der Waals surface area contributed by atoms with E-state index in [4.69, 9.17) is 0 Å². The second-order valence-electron chi connectivity index (χ2n) is 19.0. The molecule has 0 aliphatic heterocycles. The molecule has 0 saturated carbocycles. The lowest BCUT2D eigenvalue weighted by atomic mass is 9.80. The Kier molecular flexibility index (Phi) is 19.1. The molecule has 348 valence electrons. The number of para-hydroxylation sites is 1. The van der Waals surface area contributed by atoms with Gasteiger partial charge in [-0.25, -0.2) is 10.0 Å². The molecule has 1 atom stereocenters. The number of fused-ring (bicyclic) bond motifs is 3. The van der Waals surface area contributed by atoms with Gasteiger partial charge in [-0.05, 0) is 162 Å². The highest BCUT2D eigenvalue weighted by molar-refractivity contribution is 8.32. The molecule has 0 aromatic heterocycles. The maximum atomic E-state index is 4.66. The predicted molar refractivity (Wildman–Crippen MR) is 302 cm³/mol. The van der Waals surface area contributed by atoms with Gasteiger partial charge >= 0.3 is 0 Å². The van der Waals surface area contributed by atoms with Crippen LogP contribution in [0.25, 0.3) is 28.9 Å². The molecule has 66 heavy (non-hydrogen) atoms. The second kappa shape index (κ2) is 23.7. The van der Waals surface area contributed by atoms with E-state index in [0.717, 1.165) is 45.8 Å². The van der Waals surface area contributed by atoms with Crippen LogP contribution in [-0.4, -0.2) is 18.8 Å². The summed E-state index contributed by atoms with van der Waals surface area (Å²) in [6.45, 7) is 41.8. The fourth-order valence-corrected chi connectivity index (χ4v) is 9.90. The quantitative estimate of drug-likeness (QED) is 0.113. The molecule has 0 fully saturated rings. The molecule has 5 aromatic carbocycles. The van der Waals surface area contributed by atoms with Crippen LogP contribution in [-0.2, 0) is 5.41 Å². The fourth-order valence-electron chi connectivity index (χ4n) is 8.87. The molecule has 0 radical (unpaired) electrons. The summed E-state index contributed by atoms with van der Waals surface area (Å²) in [7, 11) is -0.525. The summed E-state index contributed by atoms with van der Waals surface area (Å²) in [5, 5.41) is 0. The van der Waals surface area contributed by atoms with Crippen LogP contribution in [0.5, 0.6) is 0 Å². The van der Waals surface area contributed by atoms with Gasteiger partial charge < -0.3 is 4.90 Å². The summed E-state index contributed by atoms with van der Waals surface area (Å²) in [6, 6.07) is 37.2. The van der Waals surface area contributed by atoms with Gasteiger partial charge in [0.1, 0.15) is 0 Å². The first-order chi connectivity index (χ1) is 31.4. The summed E-state index contributed by atoms with van der Waals surface area (Å²) in [5.74, 6) is 1.14. The van der Waals surface area contributed by atoms with Crippen molar-refractivity contribution in [1.82, 2.24) is 0 Å². The van der Waals surface area contributed by atoms with Gasteiger partial charge in [0.2, 0.25) is 0 Å². The number of anilines is 2. The Morgan fingerprint density at radius 3 is 1.92 bits per heavy atom. The minimum atomic E-state index is -0.525. The molecule has 0 saturated heterocycles. The highest BCUT2D eigenvalue weighted by Gasteiger charge is 2.39. The first-order valence-corrected chi connectivity index (χ1v) is 26.9. The van der Waals surface area contributed by atoms with Crippen LogP contribution >= 0.6 is 10.0 Å². The van der Waals surface area contributed by atoms with E-state index in [9.17, 15) is 0 Å². The standard InChI is InChI=1S/C43H45N.C10H16S.C9H14.C2H6/c1-11-29(6)35-22-18-19-23-36(35)30(7)31(8)40(14-4)44(32-20-16-15-17-21-32)41-27-39-42(34(13-3)33(41)12-2)37-25-24-28(5)26-38(37)43(39,9)10;1-9-6-5-7-10(8-9)11(2,3)4;1-8(2)9-6-4-3-5-7-9;1-2/h12-27,29H,2-4,7,11H2,1,5-6,8-10H3;5-8H,1-4H3;4,6-8H,3,5H2,1-2H3;1-2H3/b40-31+;;;. The van der Waals surface area contributed by atoms with Crippen molar-refractivity contribution >= 4 is 39.1 Å². The number of nitrogens with zero attached hydrogens (tertiary/aromatic N) is 1. The van der Waals surface area contributed by atoms with Crippen LogP contribution in [0.2, 0.25) is 0 Å². The minimum Gasteiger partial charge on any atom is -0.310 e. The molecule has 1 nitrogen and oxygen atoms in total. The zero-order chi connectivity index (χ0) is 48.9. The molecular formula is C64H81NS. The zero-order valence-electron chi connectivity index (χ0n) is 43.2. The number of allylic oxidation sites excluding steroid dienone is 7. The Morgan fingerprint density at radius 2 is 1.39 bits per heavy atom. The van der Waals surface area contributed by atoms with Crippen molar-refractivity contribution in [3.63, 3.8) is 0 Å². The van der Waals surface area contributed by atoms with Crippen LogP contribution in [0.1, 0.15) is 132 Å². The Labute approximate surface area is 404 Å². The van der Waals surface area contributed by atoms with Crippen molar-refractivity contribution in [2.75, 3.05) is 23.7 Å². The summed E-state index contributed by atoms with van der Waals surface area (Å²) in [5.41, 5.74) is 18.9. The third-order valence-corrected chi connectivity index (χ3v) is 14.6. The van der Waals surface area contributed by atoms with E-state index in [0.29, 0.717) is 11.8 Å². The largest absolute Gasteiger partial charge is 0.310 e. The van der Waals surface area contributed by atoms with Gasteiger partial charge in [0.25, 0.3) is 0 Å². The second-order valence-corrected chi connectivity index (χ2v) is 23.1. The van der Waals surface area contributed by atoms with E-state index in [1.54, 1.807) is 0 Å². The molecule has 2 aliphatic carbocycles. The summed E-state index contributed by atoms with van der Waals surface area (Å²) < 4.78 is 0. The van der Waals surface area contributed by atoms with Crippen LogP contribution < -0.4 is 4.90 Å². The van der Waals surface area contributed by atoms with Gasteiger partial charge in [-0.3, -0.25) is 0 Å². The number of rotatable bonds is 12. The van der Waals surface area contributed by atoms with Crippen molar-refractivity contribution < 1.29 is 0 Å². The lowest BCUT2D eigenvalue weighted by Crippen LogP contribution is -2.21. The lowest BCUT2D eigenvalue weighted by molar-refractivity contribution is 0.659. The molecule has 2 heteroatoms. The molecule has 1 unspecified atom stereocenters. The molecule has 0 spiro atoms. The maximum absolute atomic E-state index is 4.66. The van der Waals surface area contributed by atoms with Crippen LogP contribution in [0, 0.1) is 19.8 Å². The number of aryl methyl sites for hydroxylation is 2. The first-order valence-electron chi connectivity index (χ1n) is 24.1. The normalized spacial score (nSPS) is 14.2. The van der Waals surface area contributed by atoms with Crippen LogP contribution in [0.3, 0.4) is 0 Å². The van der Waals surface area contributed by atoms with E-state index >= 15 is 0 Å². The number of hydrogen-bond acceptors (Lipinski definition) is 1. The third kappa shape index (κ3) is 12.1. The molecule has 0 N–H and O–H groups in total. The highest BCUT2D eigenvalue weighted by Crippen LogP contribution is 2.54. The van der Waals surface area contributed by atoms with Crippen molar-refractivity contribution in [3.8, 4) is 11.1 Å². The maximum Gasteiger partial charge on any atom is 0.0543 e. The molecular weight excluding hydrogens is 815 g/mol. The number of hydrogen-bond donors (Lipinski definition) is 0. The first kappa shape index (κ1) is 53.0. The van der Waals surface area contributed by atoms with E-state index in [2.05, 4.69) is 234 Å². The van der Waals surface area contributed by atoms with Gasteiger partial charge in [0.05, 0.1) is 5.69 Å². The van der Waals surface area contributed by atoms with Crippen molar-refractivity contribution in [2.45, 2.75) is 112 Å². The predicted octanol–water partition coefficient (Wildman–Crippen LogP) is 19.4. The third-order valence-electron chi connectivity index (χ3n) is 12.9. The summed E-state index contributed by atoms with van der Waals surface area (Å²) >= 11 is 0. The van der Waals surface area contributed by atoms with Gasteiger partial charge in [0.15, 0.2) is 0 Å². The Morgan fingerprint density at radius 1 is 0.758 bits per heavy atom. The van der Waals surface area contributed by atoms with Gasteiger partial charge in [-0.2, -0.15) is 0 Å². The molecule has 0 bridgehead atoms. The Bertz CT molecular complexity index is 2580. The number of benzene rings is 5. The minimum absolute atomic E-state index is 0.183. The molecule has 2 aliphatic rings. The highest BCUT2D eigenvalue weighted by atomic mass is 32.3. The van der Waals surface area contributed by atoms with E-state index in [1.807, 2.05) is 32.1 Å². The average molecular weight is 896 g/mol. The SMILES string of the molecule is C=C/C(=C(/C)C(=C)c1ccccc1C(C)CC)N(c1ccccc1)c1cc2c(c(C=C)c1C=C)-c1ccc(C)cc1C2(C)C.CC.CC(C)C1=CCCC=C1.Cc1cccc(S(C)(C)C)c1. The zero-order valence-corrected chi connectivity index (χ0v) is 44.1. The summed E-state index contributed by atoms with van der Waals surface area (Å²) in [6.07, 6.45) is 23.3. The van der Waals surface area contributed by atoms with Crippen LogP contribution in [0.15, 0.2) is 175 Å². The van der Waals surface area contributed by atoms with Crippen molar-refractivity contribution in [1.29, 1.82) is 0 Å². The van der Waals surface area contributed by atoms with Crippen molar-refractivity contribution in [2.24, 2.45) is 5.92 Å². The average Bonchev–Trinajstić information content (AvgIpc) is 3.54. The lowest BCUT2D eigenvalue weighted by Gasteiger charge is -2.33. The van der Waals surface area contributed by atoms with Gasteiger partial charge in [-0.1, -0.05) is 202 Å². The summed E-state index contributed by atoms with van der Waals surface area (Å²) in [4.78, 5) is 3.83. The van der Waals surface area contributed by atoms with Gasteiger partial charge in [0, 0.05) is 22.4 Å². The van der Waals surface area contributed by atoms with E-state index < -0.39 is 10.0 Å². The van der Waals surface area contributed by atoms with Crippen LogP contribution in [0.4, 0.5) is 11.4 Å². The molecule has 0 heterocycles. The molecule has 7 rings (SSSR count). The van der Waals surface area contributed by atoms with Gasteiger partial charge in [-0.15, -0.1) is 0 Å². The van der Waals surface area contributed by atoms with E-state index in [1.165, 1.54) is 67.8 Å². The molecule has 0 amide bonds. The topological polar surface area (TPSA) is 3.24 Å². The van der Waals surface area contributed by atoms with Crippen molar-refractivity contribution in [3.05, 3.63) is 215 Å². The monoisotopic (exact) mass is 896 g/mol. The smallest absolute Gasteiger partial charge is 0.0543 e. The van der Waals surface area contributed by atoms with E-state index in [-0.39, 0.29) is 5.41 Å². The molecule has 5 aromatic rings.